The zero-order valence-corrected chi connectivity index (χ0v) is 9.10. The Balaban J connectivity index is 2.74. The van der Waals surface area contributed by atoms with Gasteiger partial charge in [-0.25, -0.2) is 4.98 Å². The minimum atomic E-state index is 0.0639. The summed E-state index contributed by atoms with van der Waals surface area (Å²) in [5.41, 5.74) is 6.83. The number of hydrogen-bond donors (Lipinski definition) is 1. The van der Waals surface area contributed by atoms with Crippen molar-refractivity contribution in [1.82, 2.24) is 4.98 Å². The standard InChI is InChI=1S/C9H16N2OS/c1-4-7(10)8-5-13-9(11-8)6(2)12-3/h5-7H,4,10H2,1-3H3. The minimum absolute atomic E-state index is 0.0639. The van der Waals surface area contributed by atoms with E-state index < -0.39 is 0 Å². The number of thiazole rings is 1. The lowest BCUT2D eigenvalue weighted by Crippen LogP contribution is -2.09. The maximum absolute atomic E-state index is 5.85. The molecule has 3 nitrogen and oxygen atoms in total. The van der Waals surface area contributed by atoms with Gasteiger partial charge in [0.05, 0.1) is 5.69 Å². The van der Waals surface area contributed by atoms with Gasteiger partial charge in [0.15, 0.2) is 0 Å². The average Bonchev–Trinajstić information content (AvgIpc) is 2.64. The molecule has 1 rings (SSSR count). The molecule has 0 amide bonds. The largest absolute Gasteiger partial charge is 0.375 e. The second-order valence-corrected chi connectivity index (χ2v) is 3.89. The van der Waals surface area contributed by atoms with E-state index >= 15 is 0 Å². The molecule has 0 aromatic carbocycles. The van der Waals surface area contributed by atoms with Gasteiger partial charge in [0, 0.05) is 18.5 Å². The SMILES string of the molecule is CCC(N)c1csc(C(C)OC)n1. The van der Waals surface area contributed by atoms with Crippen molar-refractivity contribution in [2.24, 2.45) is 5.73 Å². The Morgan fingerprint density at radius 3 is 2.92 bits per heavy atom. The van der Waals surface area contributed by atoms with E-state index in [9.17, 15) is 0 Å². The molecule has 0 saturated carbocycles. The van der Waals surface area contributed by atoms with Crippen LogP contribution in [0.3, 0.4) is 0 Å². The Kier molecular flexibility index (Phi) is 3.84. The summed E-state index contributed by atoms with van der Waals surface area (Å²) in [5, 5.41) is 3.01. The van der Waals surface area contributed by atoms with E-state index in [2.05, 4.69) is 11.9 Å². The topological polar surface area (TPSA) is 48.1 Å². The third kappa shape index (κ3) is 2.49. The predicted molar refractivity (Wildman–Crippen MR) is 54.8 cm³/mol. The molecule has 0 saturated heterocycles. The van der Waals surface area contributed by atoms with Gasteiger partial charge in [-0.15, -0.1) is 11.3 Å². The fourth-order valence-corrected chi connectivity index (χ4v) is 1.88. The Hall–Kier alpha value is -0.450. The van der Waals surface area contributed by atoms with Crippen molar-refractivity contribution in [3.05, 3.63) is 16.1 Å². The second-order valence-electron chi connectivity index (χ2n) is 3.00. The molecule has 74 valence electrons. The number of ether oxygens (including phenoxy) is 1. The lowest BCUT2D eigenvalue weighted by molar-refractivity contribution is 0.119. The van der Waals surface area contributed by atoms with Crippen LogP contribution in [0, 0.1) is 0 Å². The number of rotatable bonds is 4. The summed E-state index contributed by atoms with van der Waals surface area (Å²) in [6.07, 6.45) is 0.993. The first-order valence-electron chi connectivity index (χ1n) is 4.42. The molecule has 0 spiro atoms. The van der Waals surface area contributed by atoms with Crippen LogP contribution in [0.25, 0.3) is 0 Å². The van der Waals surface area contributed by atoms with E-state index in [1.54, 1.807) is 18.4 Å². The highest BCUT2D eigenvalue weighted by atomic mass is 32.1. The van der Waals surface area contributed by atoms with Crippen LogP contribution in [0.2, 0.25) is 0 Å². The van der Waals surface area contributed by atoms with Crippen LogP contribution in [-0.2, 0) is 4.74 Å². The van der Waals surface area contributed by atoms with Gasteiger partial charge in [-0.1, -0.05) is 6.92 Å². The average molecular weight is 200 g/mol. The third-order valence-corrected chi connectivity index (χ3v) is 3.08. The minimum Gasteiger partial charge on any atom is -0.375 e. The van der Waals surface area contributed by atoms with Gasteiger partial charge < -0.3 is 10.5 Å². The van der Waals surface area contributed by atoms with Gasteiger partial charge in [0.1, 0.15) is 11.1 Å². The lowest BCUT2D eigenvalue weighted by Gasteiger charge is -2.05. The maximum Gasteiger partial charge on any atom is 0.122 e. The van der Waals surface area contributed by atoms with E-state index in [-0.39, 0.29) is 12.1 Å². The molecule has 1 heterocycles. The highest BCUT2D eigenvalue weighted by Crippen LogP contribution is 2.23. The molecule has 2 unspecified atom stereocenters. The van der Waals surface area contributed by atoms with Crippen molar-refractivity contribution < 1.29 is 4.74 Å². The van der Waals surface area contributed by atoms with Gasteiger partial charge in [-0.3, -0.25) is 0 Å². The number of nitrogens with zero attached hydrogens (tertiary/aromatic N) is 1. The summed E-state index contributed by atoms with van der Waals surface area (Å²) in [7, 11) is 1.69. The van der Waals surface area contributed by atoms with Crippen molar-refractivity contribution in [3.63, 3.8) is 0 Å². The molecule has 1 aromatic heterocycles. The van der Waals surface area contributed by atoms with Crippen molar-refractivity contribution in [1.29, 1.82) is 0 Å². The molecule has 4 heteroatoms. The Morgan fingerprint density at radius 2 is 2.38 bits per heavy atom. The summed E-state index contributed by atoms with van der Waals surface area (Å²) in [5.74, 6) is 0. The monoisotopic (exact) mass is 200 g/mol. The molecular weight excluding hydrogens is 184 g/mol. The fraction of sp³-hybridized carbons (Fsp3) is 0.667. The maximum atomic E-state index is 5.85. The summed E-state index contributed by atoms with van der Waals surface area (Å²) in [6, 6.07) is 0.0639. The van der Waals surface area contributed by atoms with Crippen LogP contribution in [0.4, 0.5) is 0 Å². The molecular formula is C9H16N2OS. The summed E-state index contributed by atoms with van der Waals surface area (Å²) in [6.45, 7) is 4.05. The zero-order valence-electron chi connectivity index (χ0n) is 8.28. The van der Waals surface area contributed by atoms with Crippen LogP contribution >= 0.6 is 11.3 Å². The van der Waals surface area contributed by atoms with Crippen LogP contribution in [0.15, 0.2) is 5.38 Å². The molecule has 1 aromatic rings. The first-order chi connectivity index (χ1) is 6.19. The van der Waals surface area contributed by atoms with Gasteiger partial charge in [0.25, 0.3) is 0 Å². The predicted octanol–water partition coefficient (Wildman–Crippen LogP) is 2.26. The molecule has 0 bridgehead atoms. The van der Waals surface area contributed by atoms with E-state index in [1.165, 1.54) is 0 Å². The molecule has 13 heavy (non-hydrogen) atoms. The normalized spacial score (nSPS) is 15.7. The first kappa shape index (κ1) is 10.6. The lowest BCUT2D eigenvalue weighted by atomic mass is 10.2. The number of aromatic nitrogens is 1. The van der Waals surface area contributed by atoms with Crippen molar-refractivity contribution >= 4 is 11.3 Å². The Morgan fingerprint density at radius 1 is 1.69 bits per heavy atom. The molecule has 0 aliphatic carbocycles. The number of nitrogens with two attached hydrogens (primary N) is 1. The number of hydrogen-bond acceptors (Lipinski definition) is 4. The Labute approximate surface area is 82.9 Å². The highest BCUT2D eigenvalue weighted by molar-refractivity contribution is 7.09. The van der Waals surface area contributed by atoms with Gasteiger partial charge >= 0.3 is 0 Å². The van der Waals surface area contributed by atoms with Gasteiger partial charge in [-0.2, -0.15) is 0 Å². The molecule has 2 atom stereocenters. The third-order valence-electron chi connectivity index (χ3n) is 2.06. The van der Waals surface area contributed by atoms with Crippen molar-refractivity contribution in [3.8, 4) is 0 Å². The van der Waals surface area contributed by atoms with Crippen molar-refractivity contribution in [2.75, 3.05) is 7.11 Å². The van der Waals surface area contributed by atoms with Crippen LogP contribution in [-0.4, -0.2) is 12.1 Å². The smallest absolute Gasteiger partial charge is 0.122 e. The number of methoxy groups -OCH3 is 1. The van der Waals surface area contributed by atoms with Crippen LogP contribution in [0.5, 0.6) is 0 Å². The van der Waals surface area contributed by atoms with E-state index in [1.807, 2.05) is 12.3 Å². The van der Waals surface area contributed by atoms with Crippen molar-refractivity contribution in [2.45, 2.75) is 32.4 Å². The molecule has 0 fully saturated rings. The zero-order chi connectivity index (χ0) is 9.84. The molecule has 0 radical (unpaired) electrons. The summed E-state index contributed by atoms with van der Waals surface area (Å²) >= 11 is 1.61. The van der Waals surface area contributed by atoms with Gasteiger partial charge in [-0.05, 0) is 13.3 Å². The quantitative estimate of drug-likeness (QED) is 0.811. The highest BCUT2D eigenvalue weighted by Gasteiger charge is 2.12. The van der Waals surface area contributed by atoms with E-state index in [4.69, 9.17) is 10.5 Å². The van der Waals surface area contributed by atoms with E-state index in [0.717, 1.165) is 17.1 Å². The first-order valence-corrected chi connectivity index (χ1v) is 5.30. The molecule has 0 aliphatic heterocycles. The molecule has 0 aliphatic rings. The summed E-state index contributed by atoms with van der Waals surface area (Å²) in [4.78, 5) is 4.42. The van der Waals surface area contributed by atoms with E-state index in [0.29, 0.717) is 0 Å². The second kappa shape index (κ2) is 4.69. The molecule has 2 N–H and O–H groups in total. The fourth-order valence-electron chi connectivity index (χ4n) is 0.968. The van der Waals surface area contributed by atoms with Crippen LogP contribution < -0.4 is 5.73 Å². The summed E-state index contributed by atoms with van der Waals surface area (Å²) < 4.78 is 5.17. The van der Waals surface area contributed by atoms with Crippen LogP contribution in [0.1, 0.15) is 43.1 Å². The Bertz CT molecular complexity index is 237. The van der Waals surface area contributed by atoms with Gasteiger partial charge in [0.2, 0.25) is 0 Å².